The molecule has 4 nitrogen and oxygen atoms in total. The van der Waals surface area contributed by atoms with E-state index in [0.717, 1.165) is 6.54 Å². The van der Waals surface area contributed by atoms with E-state index in [1.807, 2.05) is 30.7 Å². The molecule has 1 atom stereocenters. The zero-order valence-electron chi connectivity index (χ0n) is 10.3. The molecule has 4 heteroatoms. The van der Waals surface area contributed by atoms with Crippen LogP contribution >= 0.6 is 0 Å². The van der Waals surface area contributed by atoms with E-state index in [1.54, 1.807) is 0 Å². The normalized spacial score (nSPS) is 27.5. The summed E-state index contributed by atoms with van der Waals surface area (Å²) in [7, 11) is 1.90. The molecule has 0 aromatic carbocycles. The van der Waals surface area contributed by atoms with E-state index >= 15 is 0 Å². The van der Waals surface area contributed by atoms with Crippen LogP contribution in [0.4, 0.5) is 0 Å². The molecule has 0 spiro atoms. The van der Waals surface area contributed by atoms with Crippen LogP contribution in [0.3, 0.4) is 0 Å². The minimum Gasteiger partial charge on any atom is -0.394 e. The summed E-state index contributed by atoms with van der Waals surface area (Å²) in [5, 5.41) is 9.27. The Morgan fingerprint density at radius 2 is 2.07 bits per heavy atom. The van der Waals surface area contributed by atoms with E-state index in [1.165, 1.54) is 0 Å². The maximum atomic E-state index is 12.0. The Morgan fingerprint density at radius 3 is 2.47 bits per heavy atom. The first-order valence-electron chi connectivity index (χ1n) is 5.45. The van der Waals surface area contributed by atoms with E-state index in [0.29, 0.717) is 0 Å². The van der Waals surface area contributed by atoms with Gasteiger partial charge in [-0.2, -0.15) is 0 Å². The molecule has 0 aliphatic carbocycles. The molecule has 1 amide bonds. The third-order valence-corrected chi connectivity index (χ3v) is 3.34. The highest BCUT2D eigenvalue weighted by Gasteiger charge is 2.43. The molecule has 1 fully saturated rings. The molecule has 0 bridgehead atoms. The molecule has 0 saturated carbocycles. The fourth-order valence-corrected chi connectivity index (χ4v) is 2.02. The molecule has 1 unspecified atom stereocenters. The third kappa shape index (κ3) is 2.16. The molecule has 1 rings (SSSR count). The van der Waals surface area contributed by atoms with Crippen LogP contribution in [0.15, 0.2) is 0 Å². The van der Waals surface area contributed by atoms with Crippen molar-refractivity contribution >= 4 is 5.91 Å². The number of likely N-dealkylation sites (N-methyl/N-ethyl adjacent to an activating group) is 1. The minimum atomic E-state index is -0.392. The number of aliphatic hydroxyl groups is 1. The zero-order chi connectivity index (χ0) is 11.8. The second kappa shape index (κ2) is 4.10. The summed E-state index contributed by atoms with van der Waals surface area (Å²) in [5.41, 5.74) is -0.0778. The van der Waals surface area contributed by atoms with Crippen LogP contribution in [0.1, 0.15) is 27.7 Å². The lowest BCUT2D eigenvalue weighted by Gasteiger charge is -2.50. The Bertz CT molecular complexity index is 247. The molecule has 1 N–H and O–H groups in total. The molecule has 0 aromatic rings. The third-order valence-electron chi connectivity index (χ3n) is 3.34. The van der Waals surface area contributed by atoms with Crippen molar-refractivity contribution in [3.05, 3.63) is 0 Å². The van der Waals surface area contributed by atoms with E-state index in [4.69, 9.17) is 0 Å². The SMILES string of the molecule is CC(C)N1CC(C)(C)N(C)C(CO)C1=O. The summed E-state index contributed by atoms with van der Waals surface area (Å²) >= 11 is 0. The van der Waals surface area contributed by atoms with Gasteiger partial charge in [0.05, 0.1) is 6.61 Å². The largest absolute Gasteiger partial charge is 0.394 e. The second-order valence-corrected chi connectivity index (χ2v) is 5.18. The highest BCUT2D eigenvalue weighted by Crippen LogP contribution is 2.25. The topological polar surface area (TPSA) is 43.8 Å². The molecular formula is C11H22N2O2. The van der Waals surface area contributed by atoms with Crippen molar-refractivity contribution in [1.82, 2.24) is 9.80 Å². The smallest absolute Gasteiger partial charge is 0.242 e. The Kier molecular flexibility index (Phi) is 3.41. The van der Waals surface area contributed by atoms with Gasteiger partial charge in [-0.1, -0.05) is 0 Å². The van der Waals surface area contributed by atoms with Gasteiger partial charge in [-0.3, -0.25) is 9.69 Å². The molecule has 1 heterocycles. The average Bonchev–Trinajstić information content (AvgIpc) is 2.12. The number of piperazine rings is 1. The number of amides is 1. The molecule has 1 aliphatic heterocycles. The molecule has 88 valence electrons. The van der Waals surface area contributed by atoms with Crippen molar-refractivity contribution in [2.75, 3.05) is 20.2 Å². The number of nitrogens with zero attached hydrogens (tertiary/aromatic N) is 2. The first kappa shape index (κ1) is 12.5. The number of rotatable bonds is 2. The zero-order valence-corrected chi connectivity index (χ0v) is 10.3. The predicted octanol–water partition coefficient (Wildman–Crippen LogP) is 0.308. The molecule has 0 radical (unpaired) electrons. The van der Waals surface area contributed by atoms with Gasteiger partial charge in [0.1, 0.15) is 6.04 Å². The monoisotopic (exact) mass is 214 g/mol. The van der Waals surface area contributed by atoms with Gasteiger partial charge < -0.3 is 10.0 Å². The van der Waals surface area contributed by atoms with Gasteiger partial charge in [0.2, 0.25) is 5.91 Å². The van der Waals surface area contributed by atoms with Crippen molar-refractivity contribution in [3.8, 4) is 0 Å². The van der Waals surface area contributed by atoms with Crippen LogP contribution in [-0.2, 0) is 4.79 Å². The molecule has 0 aromatic heterocycles. The summed E-state index contributed by atoms with van der Waals surface area (Å²) in [6, 6.07) is -0.198. The van der Waals surface area contributed by atoms with Crippen LogP contribution in [-0.4, -0.2) is 58.6 Å². The quantitative estimate of drug-likeness (QED) is 0.719. The van der Waals surface area contributed by atoms with Gasteiger partial charge in [-0.05, 0) is 34.7 Å². The van der Waals surface area contributed by atoms with Crippen molar-refractivity contribution < 1.29 is 9.90 Å². The van der Waals surface area contributed by atoms with Gasteiger partial charge in [0.15, 0.2) is 0 Å². The Labute approximate surface area is 91.9 Å². The molecule has 1 aliphatic rings. The maximum Gasteiger partial charge on any atom is 0.242 e. The minimum absolute atomic E-state index is 0.0364. The summed E-state index contributed by atoms with van der Waals surface area (Å²) in [4.78, 5) is 15.8. The number of hydrogen-bond donors (Lipinski definition) is 1. The van der Waals surface area contributed by atoms with Crippen molar-refractivity contribution in [1.29, 1.82) is 0 Å². The average molecular weight is 214 g/mol. The van der Waals surface area contributed by atoms with Crippen molar-refractivity contribution in [3.63, 3.8) is 0 Å². The number of carbonyl (C=O) groups is 1. The second-order valence-electron chi connectivity index (χ2n) is 5.18. The van der Waals surface area contributed by atoms with Gasteiger partial charge in [0.25, 0.3) is 0 Å². The van der Waals surface area contributed by atoms with Crippen LogP contribution in [0.5, 0.6) is 0 Å². The summed E-state index contributed by atoms with van der Waals surface area (Å²) in [6.45, 7) is 8.81. The Morgan fingerprint density at radius 1 is 1.53 bits per heavy atom. The first-order chi connectivity index (χ1) is 6.81. The Hall–Kier alpha value is -0.610. The lowest BCUT2D eigenvalue weighted by molar-refractivity contribution is -0.152. The van der Waals surface area contributed by atoms with E-state index in [-0.39, 0.29) is 24.1 Å². The van der Waals surface area contributed by atoms with E-state index in [9.17, 15) is 9.90 Å². The van der Waals surface area contributed by atoms with Crippen molar-refractivity contribution in [2.24, 2.45) is 0 Å². The standard InChI is InChI=1S/C11H22N2O2/c1-8(2)13-7-11(3,4)12(5)9(6-14)10(13)15/h8-9,14H,6-7H2,1-5H3. The van der Waals surface area contributed by atoms with Gasteiger partial charge in [-0.15, -0.1) is 0 Å². The first-order valence-corrected chi connectivity index (χ1v) is 5.45. The maximum absolute atomic E-state index is 12.0. The van der Waals surface area contributed by atoms with Crippen molar-refractivity contribution in [2.45, 2.75) is 45.3 Å². The highest BCUT2D eigenvalue weighted by atomic mass is 16.3. The van der Waals surface area contributed by atoms with Crippen LogP contribution in [0, 0.1) is 0 Å². The van der Waals surface area contributed by atoms with Crippen LogP contribution in [0.25, 0.3) is 0 Å². The number of hydrogen-bond acceptors (Lipinski definition) is 3. The summed E-state index contributed by atoms with van der Waals surface area (Å²) in [6.07, 6.45) is 0. The van der Waals surface area contributed by atoms with Crippen LogP contribution < -0.4 is 0 Å². The summed E-state index contributed by atoms with van der Waals surface area (Å²) in [5.74, 6) is 0.0364. The van der Waals surface area contributed by atoms with Crippen LogP contribution in [0.2, 0.25) is 0 Å². The van der Waals surface area contributed by atoms with Gasteiger partial charge >= 0.3 is 0 Å². The number of carbonyl (C=O) groups excluding carboxylic acids is 1. The van der Waals surface area contributed by atoms with E-state index < -0.39 is 6.04 Å². The molecular weight excluding hydrogens is 192 g/mol. The lowest BCUT2D eigenvalue weighted by atomic mass is 9.94. The lowest BCUT2D eigenvalue weighted by Crippen LogP contribution is -2.67. The molecule has 15 heavy (non-hydrogen) atoms. The molecule has 1 saturated heterocycles. The highest BCUT2D eigenvalue weighted by molar-refractivity contribution is 5.83. The fourth-order valence-electron chi connectivity index (χ4n) is 2.02. The van der Waals surface area contributed by atoms with E-state index in [2.05, 4.69) is 13.8 Å². The van der Waals surface area contributed by atoms with Gasteiger partial charge in [-0.25, -0.2) is 0 Å². The number of aliphatic hydroxyl groups excluding tert-OH is 1. The predicted molar refractivity (Wildman–Crippen MR) is 59.6 cm³/mol. The van der Waals surface area contributed by atoms with Gasteiger partial charge in [0, 0.05) is 18.1 Å². The summed E-state index contributed by atoms with van der Waals surface area (Å²) < 4.78 is 0. The Balaban J connectivity index is 2.95. The fraction of sp³-hybridized carbons (Fsp3) is 0.909.